The number of aryl methyl sites for hydroxylation is 2. The number of rotatable bonds is 5. The molecular weight excluding hydrogens is 304 g/mol. The first-order valence-corrected chi connectivity index (χ1v) is 7.17. The van der Waals surface area contributed by atoms with Gasteiger partial charge in [0.2, 0.25) is 0 Å². The van der Waals surface area contributed by atoms with Gasteiger partial charge in [0.1, 0.15) is 0 Å². The van der Waals surface area contributed by atoms with E-state index < -0.39 is 0 Å². The molecule has 0 bridgehead atoms. The summed E-state index contributed by atoms with van der Waals surface area (Å²) in [6.07, 6.45) is 4.78. The standard InChI is InChI=1S/C14H19BrN4/c1-3-19-9-11(8-17-19)7-13(18-16)12-6-4-5-10(2)14(12)15/h4-6,8-9,13,18H,3,7,16H2,1-2H3. The van der Waals surface area contributed by atoms with Crippen molar-refractivity contribution in [3.63, 3.8) is 0 Å². The second-order valence-corrected chi connectivity index (χ2v) is 5.40. The van der Waals surface area contributed by atoms with Gasteiger partial charge in [0, 0.05) is 17.2 Å². The summed E-state index contributed by atoms with van der Waals surface area (Å²) in [6, 6.07) is 6.29. The highest BCUT2D eigenvalue weighted by Crippen LogP contribution is 2.28. The number of nitrogens with one attached hydrogen (secondary N) is 1. The summed E-state index contributed by atoms with van der Waals surface area (Å²) in [5.74, 6) is 5.71. The minimum Gasteiger partial charge on any atom is -0.273 e. The number of benzene rings is 1. The van der Waals surface area contributed by atoms with Crippen molar-refractivity contribution in [1.29, 1.82) is 0 Å². The number of halogens is 1. The minimum atomic E-state index is 0.0729. The molecule has 0 spiro atoms. The van der Waals surface area contributed by atoms with Crippen LogP contribution in [0.15, 0.2) is 35.1 Å². The molecule has 0 amide bonds. The molecule has 2 aromatic rings. The fourth-order valence-corrected chi connectivity index (χ4v) is 2.66. The Morgan fingerprint density at radius 1 is 1.47 bits per heavy atom. The molecule has 2 rings (SSSR count). The fourth-order valence-electron chi connectivity index (χ4n) is 2.12. The lowest BCUT2D eigenvalue weighted by Gasteiger charge is -2.18. The van der Waals surface area contributed by atoms with Crippen LogP contribution in [-0.4, -0.2) is 9.78 Å². The highest BCUT2D eigenvalue weighted by molar-refractivity contribution is 9.10. The number of hydrazine groups is 1. The molecule has 0 aliphatic carbocycles. The van der Waals surface area contributed by atoms with Gasteiger partial charge in [-0.25, -0.2) is 0 Å². The van der Waals surface area contributed by atoms with Crippen LogP contribution in [0.1, 0.15) is 29.7 Å². The van der Waals surface area contributed by atoms with Gasteiger partial charge in [0.05, 0.1) is 12.2 Å². The van der Waals surface area contributed by atoms with Crippen LogP contribution in [0.25, 0.3) is 0 Å². The van der Waals surface area contributed by atoms with Crippen LogP contribution in [-0.2, 0) is 13.0 Å². The molecule has 4 nitrogen and oxygen atoms in total. The SMILES string of the molecule is CCn1cc(CC(NN)c2cccc(C)c2Br)cn1. The van der Waals surface area contributed by atoms with Gasteiger partial charge >= 0.3 is 0 Å². The maximum Gasteiger partial charge on any atom is 0.0522 e. The maximum atomic E-state index is 5.71. The van der Waals surface area contributed by atoms with Crippen LogP contribution < -0.4 is 11.3 Å². The summed E-state index contributed by atoms with van der Waals surface area (Å²) < 4.78 is 3.04. The predicted molar refractivity (Wildman–Crippen MR) is 80.5 cm³/mol. The summed E-state index contributed by atoms with van der Waals surface area (Å²) in [6.45, 7) is 5.04. The molecular formula is C14H19BrN4. The molecule has 3 N–H and O–H groups in total. The van der Waals surface area contributed by atoms with Gasteiger partial charge in [-0.3, -0.25) is 16.0 Å². The first-order chi connectivity index (χ1) is 9.15. The van der Waals surface area contributed by atoms with Gasteiger partial charge in [-0.2, -0.15) is 5.10 Å². The Kier molecular flexibility index (Phi) is 4.74. The zero-order valence-corrected chi connectivity index (χ0v) is 12.8. The van der Waals surface area contributed by atoms with Crippen LogP contribution in [0.3, 0.4) is 0 Å². The van der Waals surface area contributed by atoms with Crippen molar-refractivity contribution in [1.82, 2.24) is 15.2 Å². The van der Waals surface area contributed by atoms with Gasteiger partial charge in [-0.05, 0) is 37.0 Å². The van der Waals surface area contributed by atoms with Crippen molar-refractivity contribution in [2.75, 3.05) is 0 Å². The van der Waals surface area contributed by atoms with Crippen LogP contribution in [0.2, 0.25) is 0 Å². The number of hydrogen-bond acceptors (Lipinski definition) is 3. The first-order valence-electron chi connectivity index (χ1n) is 6.38. The van der Waals surface area contributed by atoms with Crippen molar-refractivity contribution in [3.8, 4) is 0 Å². The Morgan fingerprint density at radius 2 is 2.26 bits per heavy atom. The molecule has 0 saturated carbocycles. The van der Waals surface area contributed by atoms with Crippen molar-refractivity contribution in [3.05, 3.63) is 51.8 Å². The van der Waals surface area contributed by atoms with Crippen molar-refractivity contribution in [2.45, 2.75) is 32.9 Å². The number of aromatic nitrogens is 2. The highest BCUT2D eigenvalue weighted by atomic mass is 79.9. The van der Waals surface area contributed by atoms with E-state index in [-0.39, 0.29) is 6.04 Å². The topological polar surface area (TPSA) is 55.9 Å². The second-order valence-electron chi connectivity index (χ2n) is 4.61. The molecule has 5 heteroatoms. The molecule has 0 radical (unpaired) electrons. The molecule has 102 valence electrons. The average molecular weight is 323 g/mol. The fraction of sp³-hybridized carbons (Fsp3) is 0.357. The van der Waals surface area contributed by atoms with Gasteiger partial charge in [-0.1, -0.05) is 34.1 Å². The van der Waals surface area contributed by atoms with Gasteiger partial charge in [0.15, 0.2) is 0 Å². The minimum absolute atomic E-state index is 0.0729. The summed E-state index contributed by atoms with van der Waals surface area (Å²) in [7, 11) is 0. The van der Waals surface area contributed by atoms with E-state index in [2.05, 4.69) is 64.7 Å². The molecule has 19 heavy (non-hydrogen) atoms. The van der Waals surface area contributed by atoms with E-state index in [1.54, 1.807) is 0 Å². The molecule has 0 saturated heterocycles. The monoisotopic (exact) mass is 322 g/mol. The summed E-state index contributed by atoms with van der Waals surface area (Å²) in [4.78, 5) is 0. The molecule has 1 unspecified atom stereocenters. The molecule has 0 aliphatic heterocycles. The third-order valence-electron chi connectivity index (χ3n) is 3.25. The van der Waals surface area contributed by atoms with E-state index in [0.717, 1.165) is 17.4 Å². The number of hydrogen-bond donors (Lipinski definition) is 2. The zero-order chi connectivity index (χ0) is 13.8. The van der Waals surface area contributed by atoms with Crippen molar-refractivity contribution in [2.24, 2.45) is 5.84 Å². The smallest absolute Gasteiger partial charge is 0.0522 e. The Hall–Kier alpha value is -1.17. The van der Waals surface area contributed by atoms with Crippen molar-refractivity contribution >= 4 is 15.9 Å². The molecule has 1 heterocycles. The van der Waals surface area contributed by atoms with Gasteiger partial charge in [0.25, 0.3) is 0 Å². The van der Waals surface area contributed by atoms with E-state index >= 15 is 0 Å². The van der Waals surface area contributed by atoms with Gasteiger partial charge < -0.3 is 0 Å². The molecule has 0 fully saturated rings. The van der Waals surface area contributed by atoms with E-state index in [0.29, 0.717) is 0 Å². The molecule has 1 aromatic carbocycles. The maximum absolute atomic E-state index is 5.71. The Morgan fingerprint density at radius 3 is 2.89 bits per heavy atom. The van der Waals surface area contributed by atoms with Crippen LogP contribution >= 0.6 is 15.9 Å². The van der Waals surface area contributed by atoms with Crippen LogP contribution in [0.4, 0.5) is 0 Å². The van der Waals surface area contributed by atoms with E-state index in [4.69, 9.17) is 5.84 Å². The highest BCUT2D eigenvalue weighted by Gasteiger charge is 2.15. The summed E-state index contributed by atoms with van der Waals surface area (Å²) in [5, 5.41) is 4.29. The predicted octanol–water partition coefficient (Wildman–Crippen LogP) is 2.72. The second kappa shape index (κ2) is 6.32. The lowest BCUT2D eigenvalue weighted by molar-refractivity contribution is 0.549. The number of nitrogens with two attached hydrogens (primary N) is 1. The normalized spacial score (nSPS) is 12.6. The zero-order valence-electron chi connectivity index (χ0n) is 11.2. The Balaban J connectivity index is 2.22. The summed E-state index contributed by atoms with van der Waals surface area (Å²) >= 11 is 3.64. The lowest BCUT2D eigenvalue weighted by atomic mass is 10.00. The summed E-state index contributed by atoms with van der Waals surface area (Å²) in [5.41, 5.74) is 6.46. The number of nitrogens with zero attached hydrogens (tertiary/aromatic N) is 2. The van der Waals surface area contributed by atoms with Crippen LogP contribution in [0.5, 0.6) is 0 Å². The van der Waals surface area contributed by atoms with Crippen LogP contribution in [0, 0.1) is 6.92 Å². The van der Waals surface area contributed by atoms with E-state index in [9.17, 15) is 0 Å². The molecule has 0 aliphatic rings. The van der Waals surface area contributed by atoms with Gasteiger partial charge in [-0.15, -0.1) is 0 Å². The molecule has 1 aromatic heterocycles. The Labute approximate surface area is 122 Å². The van der Waals surface area contributed by atoms with E-state index in [1.807, 2.05) is 10.9 Å². The van der Waals surface area contributed by atoms with Crippen molar-refractivity contribution < 1.29 is 0 Å². The quantitative estimate of drug-likeness (QED) is 0.657. The largest absolute Gasteiger partial charge is 0.273 e. The average Bonchev–Trinajstić information content (AvgIpc) is 2.87. The lowest BCUT2D eigenvalue weighted by Crippen LogP contribution is -2.29. The Bertz CT molecular complexity index is 550. The van der Waals surface area contributed by atoms with E-state index in [1.165, 1.54) is 16.7 Å². The first kappa shape index (κ1) is 14.2. The molecule has 1 atom stereocenters. The third-order valence-corrected chi connectivity index (χ3v) is 4.33. The third kappa shape index (κ3) is 3.23.